The summed E-state index contributed by atoms with van der Waals surface area (Å²) in [5.41, 5.74) is 8.56. The van der Waals surface area contributed by atoms with Crippen LogP contribution in [0, 0.1) is 17.3 Å². The van der Waals surface area contributed by atoms with E-state index in [1.165, 1.54) is 12.0 Å². The fourth-order valence-electron chi connectivity index (χ4n) is 6.61. The van der Waals surface area contributed by atoms with Gasteiger partial charge in [0.15, 0.2) is 0 Å². The zero-order chi connectivity index (χ0) is 23.9. The Morgan fingerprint density at radius 3 is 2.23 bits per heavy atom. The first-order valence-electron chi connectivity index (χ1n) is 12.7. The molecular formula is C28H38BClN2O3. The highest BCUT2D eigenvalue weighted by atomic mass is 35.5. The van der Waals surface area contributed by atoms with Gasteiger partial charge in [-0.2, -0.15) is 0 Å². The van der Waals surface area contributed by atoms with Gasteiger partial charge >= 0.3 is 7.12 Å². The van der Waals surface area contributed by atoms with Crippen molar-refractivity contribution in [3.63, 3.8) is 0 Å². The zero-order valence-electron chi connectivity index (χ0n) is 21.0. The molecule has 0 aromatic heterocycles. The van der Waals surface area contributed by atoms with Crippen LogP contribution in [0.2, 0.25) is 5.82 Å². The summed E-state index contributed by atoms with van der Waals surface area (Å²) in [7, 11) is -0.337. The van der Waals surface area contributed by atoms with Crippen molar-refractivity contribution in [2.24, 2.45) is 23.0 Å². The summed E-state index contributed by atoms with van der Waals surface area (Å²) in [6.45, 7) is 7.47. The Kier molecular flexibility index (Phi) is 7.68. The lowest BCUT2D eigenvalue weighted by molar-refractivity contribution is -0.199. The van der Waals surface area contributed by atoms with Crippen LogP contribution in [0.25, 0.3) is 0 Å². The summed E-state index contributed by atoms with van der Waals surface area (Å²) < 4.78 is 13.3. The van der Waals surface area contributed by atoms with E-state index in [4.69, 9.17) is 15.0 Å². The van der Waals surface area contributed by atoms with E-state index in [1.807, 2.05) is 36.4 Å². The Morgan fingerprint density at radius 2 is 1.63 bits per heavy atom. The summed E-state index contributed by atoms with van der Waals surface area (Å²) >= 11 is 0. The number of nitrogens with two attached hydrogens (primary N) is 1. The average Bonchev–Trinajstić information content (AvgIpc) is 3.19. The summed E-state index contributed by atoms with van der Waals surface area (Å²) in [4.78, 5) is 12.9. The molecule has 2 bridgehead atoms. The number of rotatable bonds is 8. The topological polar surface area (TPSA) is 73.6 Å². The fourth-order valence-corrected chi connectivity index (χ4v) is 6.61. The van der Waals surface area contributed by atoms with Gasteiger partial charge < -0.3 is 20.4 Å². The molecule has 2 aromatic carbocycles. The van der Waals surface area contributed by atoms with Gasteiger partial charge in [0.05, 0.1) is 17.7 Å². The van der Waals surface area contributed by atoms with Crippen LogP contribution in [0.4, 0.5) is 0 Å². The van der Waals surface area contributed by atoms with Crippen molar-refractivity contribution in [2.45, 2.75) is 70.0 Å². The van der Waals surface area contributed by atoms with Gasteiger partial charge in [-0.1, -0.05) is 74.5 Å². The Balaban J connectivity index is 0.00000289. The fraction of sp³-hybridized carbons (Fsp3) is 0.536. The predicted octanol–water partition coefficient (Wildman–Crippen LogP) is 4.44. The van der Waals surface area contributed by atoms with Gasteiger partial charge in [-0.05, 0) is 61.0 Å². The van der Waals surface area contributed by atoms with Crippen LogP contribution in [0.3, 0.4) is 0 Å². The molecule has 7 heteroatoms. The van der Waals surface area contributed by atoms with Crippen molar-refractivity contribution in [2.75, 3.05) is 6.54 Å². The second-order valence-corrected chi connectivity index (χ2v) is 11.3. The van der Waals surface area contributed by atoms with E-state index in [1.54, 1.807) is 0 Å². The highest BCUT2D eigenvalue weighted by molar-refractivity contribution is 6.47. The molecule has 188 valence electrons. The van der Waals surface area contributed by atoms with Gasteiger partial charge in [0.25, 0.3) is 0 Å². The number of halogens is 1. The largest absolute Gasteiger partial charge is 0.463 e. The molecule has 1 heterocycles. The third-order valence-corrected chi connectivity index (χ3v) is 8.87. The standard InChI is InChI=1S/C28H37BN2O3.ClH/c1-27(2)21-16-24(27)28(3)25(17-21)33-29(34-28)22(14-19-10-6-4-7-11-19)18-31-26(32)23(30)15-20-12-8-5-9-13-20;/h4-13,21-25H,14-18,30H2,1-3H3,(H,31,32);1H/t21-,22-,23-,24-,25+,28-;/m0./s1. The van der Waals surface area contributed by atoms with Crippen molar-refractivity contribution >= 4 is 25.4 Å². The number of nitrogens with one attached hydrogen (secondary N) is 1. The van der Waals surface area contributed by atoms with Crippen LogP contribution in [0.1, 0.15) is 44.7 Å². The molecule has 0 spiro atoms. The number of amides is 1. The molecule has 35 heavy (non-hydrogen) atoms. The molecule has 3 N–H and O–H groups in total. The SMILES string of the molecule is CC1(C)[C@@H]2C[C@H]3OB([C@H](CNC(=O)[C@@H](N)Cc4ccccc4)Cc4ccccc4)O[C@@]3(C)[C@H]1C2.Cl. The maximum absolute atomic E-state index is 12.9. The molecule has 1 aliphatic heterocycles. The summed E-state index contributed by atoms with van der Waals surface area (Å²) in [6.07, 6.45) is 3.71. The van der Waals surface area contributed by atoms with Crippen molar-refractivity contribution in [1.82, 2.24) is 5.32 Å². The number of hydrogen-bond donors (Lipinski definition) is 2. The van der Waals surface area contributed by atoms with Crippen molar-refractivity contribution < 1.29 is 14.1 Å². The third kappa shape index (κ3) is 5.04. The highest BCUT2D eigenvalue weighted by Crippen LogP contribution is 2.66. The van der Waals surface area contributed by atoms with E-state index in [-0.39, 0.29) is 43.0 Å². The Bertz CT molecular complexity index is 1010. The highest BCUT2D eigenvalue weighted by Gasteiger charge is 2.68. The van der Waals surface area contributed by atoms with Crippen LogP contribution in [-0.4, -0.2) is 37.3 Å². The molecule has 1 saturated heterocycles. The molecule has 6 atom stereocenters. The van der Waals surface area contributed by atoms with Gasteiger partial charge in [0.2, 0.25) is 5.91 Å². The van der Waals surface area contributed by atoms with Crippen LogP contribution in [-0.2, 0) is 26.9 Å². The first-order chi connectivity index (χ1) is 16.3. The number of carbonyl (C=O) groups is 1. The Hall–Kier alpha value is -1.86. The van der Waals surface area contributed by atoms with Gasteiger partial charge in [0.1, 0.15) is 0 Å². The number of carbonyl (C=O) groups excluding carboxylic acids is 1. The lowest BCUT2D eigenvalue weighted by Gasteiger charge is -2.64. The summed E-state index contributed by atoms with van der Waals surface area (Å²) in [6, 6.07) is 19.7. The number of benzene rings is 2. The lowest BCUT2D eigenvalue weighted by atomic mass is 9.43. The molecule has 3 aliphatic carbocycles. The maximum atomic E-state index is 12.9. The minimum Gasteiger partial charge on any atom is -0.405 e. The minimum atomic E-state index is -0.585. The first-order valence-corrected chi connectivity index (χ1v) is 12.7. The van der Waals surface area contributed by atoms with E-state index in [0.717, 1.165) is 18.4 Å². The lowest BCUT2D eigenvalue weighted by Crippen LogP contribution is -2.65. The van der Waals surface area contributed by atoms with E-state index < -0.39 is 6.04 Å². The van der Waals surface area contributed by atoms with Crippen molar-refractivity contribution in [1.29, 1.82) is 0 Å². The van der Waals surface area contributed by atoms with Gasteiger partial charge in [-0.3, -0.25) is 4.79 Å². The van der Waals surface area contributed by atoms with Gasteiger partial charge in [-0.25, -0.2) is 0 Å². The Labute approximate surface area is 216 Å². The van der Waals surface area contributed by atoms with E-state index >= 15 is 0 Å². The predicted molar refractivity (Wildman–Crippen MR) is 142 cm³/mol. The van der Waals surface area contributed by atoms with E-state index in [9.17, 15) is 4.79 Å². The smallest absolute Gasteiger partial charge is 0.405 e. The summed E-state index contributed by atoms with van der Waals surface area (Å²) in [5, 5.41) is 3.11. The van der Waals surface area contributed by atoms with Crippen molar-refractivity contribution in [3.05, 3.63) is 71.8 Å². The monoisotopic (exact) mass is 496 g/mol. The third-order valence-electron chi connectivity index (χ3n) is 8.87. The molecule has 3 saturated carbocycles. The van der Waals surface area contributed by atoms with Crippen LogP contribution >= 0.6 is 12.4 Å². The second kappa shape index (κ2) is 10.3. The Morgan fingerprint density at radius 1 is 1.03 bits per heavy atom. The molecule has 4 aliphatic rings. The zero-order valence-corrected chi connectivity index (χ0v) is 21.8. The van der Waals surface area contributed by atoms with Crippen molar-refractivity contribution in [3.8, 4) is 0 Å². The van der Waals surface area contributed by atoms with Crippen LogP contribution in [0.5, 0.6) is 0 Å². The molecule has 1 amide bonds. The normalized spacial score (nSPS) is 29.8. The summed E-state index contributed by atoms with van der Waals surface area (Å²) in [5.74, 6) is 1.10. The quantitative estimate of drug-likeness (QED) is 0.530. The number of hydrogen-bond acceptors (Lipinski definition) is 4. The molecule has 4 fully saturated rings. The average molecular weight is 497 g/mol. The van der Waals surface area contributed by atoms with Crippen LogP contribution in [0.15, 0.2) is 60.7 Å². The van der Waals surface area contributed by atoms with Crippen LogP contribution < -0.4 is 11.1 Å². The second-order valence-electron chi connectivity index (χ2n) is 11.3. The molecule has 5 nitrogen and oxygen atoms in total. The maximum Gasteiger partial charge on any atom is 0.463 e. The molecule has 6 rings (SSSR count). The van der Waals surface area contributed by atoms with E-state index in [2.05, 4.69) is 50.4 Å². The minimum absolute atomic E-state index is 0. The van der Waals surface area contributed by atoms with Gasteiger partial charge in [-0.15, -0.1) is 12.4 Å². The molecule has 0 radical (unpaired) electrons. The van der Waals surface area contributed by atoms with E-state index in [0.29, 0.717) is 30.2 Å². The first kappa shape index (κ1) is 26.2. The molecule has 0 unspecified atom stereocenters. The van der Waals surface area contributed by atoms with Gasteiger partial charge in [0, 0.05) is 12.4 Å². The molecule has 2 aromatic rings. The molecular weight excluding hydrogens is 459 g/mol.